The van der Waals surface area contributed by atoms with E-state index in [0.717, 1.165) is 13.8 Å². The molecule has 2 aromatic carbocycles. The van der Waals surface area contributed by atoms with Gasteiger partial charge in [-0.3, -0.25) is 67.7 Å². The molecular weight excluding hydrogens is 1500 g/mol. The highest BCUT2D eigenvalue weighted by Gasteiger charge is 2.41. The Morgan fingerprint density at radius 3 is 1.11 bits per heavy atom. The summed E-state index contributed by atoms with van der Waals surface area (Å²) < 4.78 is -1.52. The molecule has 0 aliphatic heterocycles. The predicted octanol–water partition coefficient (Wildman–Crippen LogP) is -10.5. The molecule has 15 amide bonds. The maximum atomic E-state index is 14.4. The lowest BCUT2D eigenvalue weighted by molar-refractivity contribution is -0.143. The number of phenols is 2. The van der Waals surface area contributed by atoms with Gasteiger partial charge < -0.3 is 145 Å². The Morgan fingerprint density at radius 1 is 0.432 bits per heavy atom. The summed E-state index contributed by atoms with van der Waals surface area (Å²) in [5.74, 6) is -17.3. The van der Waals surface area contributed by atoms with Crippen molar-refractivity contribution < 1.29 is 103 Å². The minimum absolute atomic E-state index is 0.0543. The third-order valence-electron chi connectivity index (χ3n) is 16.5. The van der Waals surface area contributed by atoms with Crippen molar-refractivity contribution in [3.05, 3.63) is 59.7 Å². The molecule has 0 aliphatic rings. The minimum Gasteiger partial charge on any atom is -0.508 e. The van der Waals surface area contributed by atoms with Gasteiger partial charge in [0.25, 0.3) is 0 Å². The Bertz CT molecular complexity index is 3510. The van der Waals surface area contributed by atoms with E-state index < -0.39 is 215 Å². The average Bonchev–Trinajstić information content (AvgIpc) is 0.828. The van der Waals surface area contributed by atoms with Crippen molar-refractivity contribution in [1.82, 2.24) is 74.4 Å². The number of amides is 15. The lowest BCUT2D eigenvalue weighted by Gasteiger charge is -2.33. The molecule has 0 aliphatic carbocycles. The Kier molecular flexibility index (Phi) is 42.0. The third-order valence-corrected chi connectivity index (χ3v) is 17.2. The van der Waals surface area contributed by atoms with Gasteiger partial charge in [0.2, 0.25) is 76.8 Å². The number of carbonyl (C=O) groups is 15. The van der Waals surface area contributed by atoms with E-state index in [1.807, 2.05) is 0 Å². The molecule has 0 unspecified atom stereocenters. The fraction of sp³-hybridized carbons (Fsp3) is 0.576. The molecule has 43 nitrogen and oxygen atoms in total. The van der Waals surface area contributed by atoms with Gasteiger partial charge in [-0.15, -0.1) is 0 Å². The number of hydrogen-bond donors (Lipinski definition) is 30. The standard InChI is InChI=1S/C66H108N22O21S2/c1-30(89)47(71)59(103)82-42(26-33-10-14-35(92)15-11-33)57(101)88-50(66(4,5)111)62(106)83-43(28-46(70)94)56(100)78-37(8-6-24-75-64(72)73)51(95)79-40(19-22-68)54(98)86-48(31(2)90)60(104)81-39(18-21-67)53(97)77-38(9-7-25-76-65(74)109)52(96)85-45(29-110)58(102)80-41(20-23-69)55(99)87-49(32(3)91)61(105)84-44(63(107)108)27-34-12-16-36(93)17-13-34/h10-17,30-32,37-45,47-50,89-93,110-111H,6-9,18-29,67-69,71H2,1-5H3,(H2,70,94)(H,77,97)(H,78,100)(H,79,95)(H,80,102)(H,81,104)(H,82,103)(H,83,106)(H,84,105)(H,85,96)(H,86,98)(H,87,99)(H,88,101)(H,107,108)(H4,72,73,75)(H3,74,76,109)/t30-,31-,32-,37+,38+,39-,40+,41+,42+,43+,44+,45+,47+,48+,49+,50-/m1/s1. The molecule has 16 atom stereocenters. The lowest BCUT2D eigenvalue weighted by atomic mass is 9.99. The third kappa shape index (κ3) is 35.0. The summed E-state index contributed by atoms with van der Waals surface area (Å²) in [5, 5.41) is 102. The summed E-state index contributed by atoms with van der Waals surface area (Å²) in [7, 11) is 0. The Hall–Kier alpha value is -10.4. The number of carboxylic acids is 1. The number of urea groups is 1. The van der Waals surface area contributed by atoms with Crippen LogP contribution in [0.5, 0.6) is 11.5 Å². The lowest BCUT2D eigenvalue weighted by Crippen LogP contribution is -2.64. The SMILES string of the molecule is C[C@@H](O)[C@H](N)C(=O)N[C@@H](Cc1ccc(O)cc1)C(=O)N[C@H](C(=O)N[C@@H](CC(N)=O)C(=O)N[C@@H](CCCNC(=N)N)C(=O)N[C@@H](CCN)C(=O)N[C@H](C(=O)N[C@H](CCN)C(=O)N[C@@H](CCCNC(N)=O)C(=O)N[C@@H](CS)C(=O)N[C@@H](CCN)C(=O)N[C@H](C(=O)N[C@@H](Cc1ccc(O)cc1)C(=O)O)[C@@H](C)O)[C@@H](C)O)C(C)(C)S. The predicted molar refractivity (Wildman–Crippen MR) is 405 cm³/mol. The molecule has 0 aromatic heterocycles. The maximum absolute atomic E-state index is 14.4. The number of nitrogens with two attached hydrogens (primary N) is 7. The van der Waals surface area contributed by atoms with Crippen LogP contribution in [0.3, 0.4) is 0 Å². The Balaban J connectivity index is 2.45. The van der Waals surface area contributed by atoms with Crippen LogP contribution in [-0.2, 0) is 80.0 Å². The van der Waals surface area contributed by atoms with Gasteiger partial charge in [-0.2, -0.15) is 25.3 Å². The minimum atomic E-state index is -1.97. The second-order valence-electron chi connectivity index (χ2n) is 26.4. The molecule has 0 bridgehead atoms. The van der Waals surface area contributed by atoms with Gasteiger partial charge in [-0.1, -0.05) is 24.3 Å². The number of rotatable bonds is 50. The summed E-state index contributed by atoms with van der Waals surface area (Å²) >= 11 is 8.70. The first-order valence-electron chi connectivity index (χ1n) is 35.0. The smallest absolute Gasteiger partial charge is 0.326 e. The molecule has 2 rings (SSSR count). The van der Waals surface area contributed by atoms with E-state index in [1.54, 1.807) is 0 Å². The average molecular weight is 1610 g/mol. The van der Waals surface area contributed by atoms with Crippen molar-refractivity contribution in [1.29, 1.82) is 5.41 Å². The van der Waals surface area contributed by atoms with Crippen molar-refractivity contribution in [2.75, 3.05) is 38.5 Å². The number of hydrogen-bond acceptors (Lipinski definition) is 27. The number of primary amides is 2. The zero-order valence-corrected chi connectivity index (χ0v) is 63.7. The molecule has 111 heavy (non-hydrogen) atoms. The zero-order chi connectivity index (χ0) is 84.2. The number of thiol groups is 2. The highest BCUT2D eigenvalue weighted by atomic mass is 32.1. The summed E-state index contributed by atoms with van der Waals surface area (Å²) in [4.78, 5) is 204. The van der Waals surface area contributed by atoms with Crippen LogP contribution in [0, 0.1) is 5.41 Å². The van der Waals surface area contributed by atoms with E-state index in [0.29, 0.717) is 11.1 Å². The number of aliphatic hydroxyl groups is 3. The van der Waals surface area contributed by atoms with E-state index in [9.17, 15) is 103 Å². The normalized spacial score (nSPS) is 15.5. The molecular formula is C66H108N22O21S2. The van der Waals surface area contributed by atoms with Crippen molar-refractivity contribution in [3.8, 4) is 11.5 Å². The summed E-state index contributed by atoms with van der Waals surface area (Å²) in [6.45, 7) is 5.00. The van der Waals surface area contributed by atoms with Gasteiger partial charge in [0, 0.05) is 36.4 Å². The van der Waals surface area contributed by atoms with Crippen LogP contribution in [0.2, 0.25) is 0 Å². The fourth-order valence-electron chi connectivity index (χ4n) is 10.4. The molecule has 35 N–H and O–H groups in total. The molecule has 0 saturated carbocycles. The quantitative estimate of drug-likeness (QED) is 0.0127. The number of aliphatic carboxylic acids is 1. The number of benzene rings is 2. The summed E-state index contributed by atoms with van der Waals surface area (Å²) in [6.07, 6.45) is -8.17. The number of carboxylic acid groups (broad SMARTS) is 1. The van der Waals surface area contributed by atoms with Gasteiger partial charge >= 0.3 is 12.0 Å². The van der Waals surface area contributed by atoms with Crippen molar-refractivity contribution in [2.24, 2.45) is 40.1 Å². The van der Waals surface area contributed by atoms with Gasteiger partial charge in [-0.25, -0.2) is 9.59 Å². The second-order valence-corrected chi connectivity index (χ2v) is 28.0. The molecule has 0 saturated heterocycles. The molecule has 0 spiro atoms. The molecule has 620 valence electrons. The van der Waals surface area contributed by atoms with Gasteiger partial charge in [-0.05, 0) is 135 Å². The molecule has 0 fully saturated rings. The van der Waals surface area contributed by atoms with Gasteiger partial charge in [0.05, 0.1) is 24.7 Å². The second kappa shape index (κ2) is 48.3. The van der Waals surface area contributed by atoms with Crippen LogP contribution >= 0.6 is 25.3 Å². The van der Waals surface area contributed by atoms with E-state index in [1.165, 1.54) is 69.3 Å². The number of nitrogens with one attached hydrogen (secondary N) is 15. The number of phenolic OH excluding ortho intramolecular Hbond substituents is 2. The Labute approximate surface area is 649 Å². The van der Waals surface area contributed by atoms with E-state index in [-0.39, 0.29) is 95.6 Å². The van der Waals surface area contributed by atoms with Crippen molar-refractivity contribution in [2.45, 2.75) is 200 Å². The number of aliphatic hydroxyl groups excluding tert-OH is 3. The van der Waals surface area contributed by atoms with E-state index in [2.05, 4.69) is 99.7 Å². The van der Waals surface area contributed by atoms with E-state index in [4.69, 9.17) is 45.5 Å². The fourth-order valence-corrected chi connectivity index (χ4v) is 10.8. The number of aromatic hydroxyl groups is 2. The van der Waals surface area contributed by atoms with Crippen LogP contribution in [0.25, 0.3) is 0 Å². The topological polar surface area (TPSA) is 752 Å². The molecule has 2 aromatic rings. The first kappa shape index (κ1) is 96.7. The van der Waals surface area contributed by atoms with Crippen LogP contribution in [0.4, 0.5) is 4.79 Å². The van der Waals surface area contributed by atoms with Crippen molar-refractivity contribution >= 4 is 120 Å². The van der Waals surface area contributed by atoms with Gasteiger partial charge in [0.1, 0.15) is 90.0 Å². The molecule has 0 heterocycles. The largest absolute Gasteiger partial charge is 0.508 e. The van der Waals surface area contributed by atoms with Gasteiger partial charge in [0.15, 0.2) is 5.96 Å². The first-order chi connectivity index (χ1) is 52.0. The molecule has 0 radical (unpaired) electrons. The zero-order valence-electron chi connectivity index (χ0n) is 61.9. The maximum Gasteiger partial charge on any atom is 0.326 e. The van der Waals surface area contributed by atoms with Crippen LogP contribution in [0.1, 0.15) is 97.1 Å². The summed E-state index contributed by atoms with van der Waals surface area (Å²) in [6, 6.07) is -12.0. The summed E-state index contributed by atoms with van der Waals surface area (Å²) in [5.41, 5.74) is 40.4. The van der Waals surface area contributed by atoms with E-state index >= 15 is 0 Å². The molecule has 45 heteroatoms. The van der Waals surface area contributed by atoms with Crippen LogP contribution in [-0.4, -0.2) is 265 Å². The number of carbonyl (C=O) groups excluding carboxylic acids is 14. The first-order valence-corrected chi connectivity index (χ1v) is 36.1. The highest BCUT2D eigenvalue weighted by Crippen LogP contribution is 2.20. The number of guanidine groups is 1. The monoisotopic (exact) mass is 1610 g/mol. The highest BCUT2D eigenvalue weighted by molar-refractivity contribution is 7.81. The van der Waals surface area contributed by atoms with Crippen LogP contribution in [0.15, 0.2) is 48.5 Å². The van der Waals surface area contributed by atoms with Crippen LogP contribution < -0.4 is 115 Å². The Morgan fingerprint density at radius 2 is 0.757 bits per heavy atom. The van der Waals surface area contributed by atoms with Crippen molar-refractivity contribution in [3.63, 3.8) is 0 Å².